The topological polar surface area (TPSA) is 162 Å². The van der Waals surface area contributed by atoms with Crippen LogP contribution in [0.4, 0.5) is 11.5 Å². The summed E-state index contributed by atoms with van der Waals surface area (Å²) in [5.41, 5.74) is 0.591. The number of hydrogen-bond acceptors (Lipinski definition) is 12. The summed E-state index contributed by atoms with van der Waals surface area (Å²) in [5, 5.41) is 14.7. The molecule has 1 aliphatic heterocycles. The number of carbonyl (C=O) groups is 1. The first-order chi connectivity index (χ1) is 23.3. The van der Waals surface area contributed by atoms with Crippen molar-refractivity contribution in [2.45, 2.75) is 142 Å². The Labute approximate surface area is 303 Å². The second kappa shape index (κ2) is 14.5. The number of carbonyl (C=O) groups excluding carboxylic acids is 1. The van der Waals surface area contributed by atoms with Gasteiger partial charge in [0.05, 0.1) is 30.5 Å². The van der Waals surface area contributed by atoms with Gasteiger partial charge in [0.2, 0.25) is 0 Å². The van der Waals surface area contributed by atoms with E-state index in [1.807, 2.05) is 25.3 Å². The maximum atomic E-state index is 14.1. The van der Waals surface area contributed by atoms with Crippen LogP contribution in [-0.2, 0) is 29.7 Å². The van der Waals surface area contributed by atoms with Crippen LogP contribution < -0.4 is 10.1 Å². The van der Waals surface area contributed by atoms with Crippen molar-refractivity contribution in [3.63, 3.8) is 0 Å². The molecule has 1 aliphatic rings. The van der Waals surface area contributed by atoms with Crippen molar-refractivity contribution < 1.29 is 32.8 Å². The number of esters is 1. The number of fused-ring (bicyclic) bond motifs is 1. The van der Waals surface area contributed by atoms with Gasteiger partial charge >= 0.3 is 5.97 Å². The molecule has 2 aromatic heterocycles. The van der Waals surface area contributed by atoms with Crippen molar-refractivity contribution in [3.05, 3.63) is 46.5 Å². The third-order valence-corrected chi connectivity index (χ3v) is 19.1. The number of aromatic nitrogens is 4. The Morgan fingerprint density at radius 3 is 2.25 bits per heavy atom. The van der Waals surface area contributed by atoms with Gasteiger partial charge in [-0.15, -0.1) is 0 Å². The predicted molar refractivity (Wildman–Crippen MR) is 201 cm³/mol. The van der Waals surface area contributed by atoms with E-state index < -0.39 is 57.7 Å². The average Bonchev–Trinajstić information content (AvgIpc) is 3.60. The van der Waals surface area contributed by atoms with Crippen molar-refractivity contribution in [2.24, 2.45) is 0 Å². The van der Waals surface area contributed by atoms with E-state index >= 15 is 0 Å². The highest BCUT2D eigenvalue weighted by molar-refractivity contribution is 6.74. The zero-order chi connectivity index (χ0) is 38.3. The first-order valence-electron chi connectivity index (χ1n) is 17.3. The SMILES string of the molecule is COc1ccc(CNc2ncnc3c2ncn3[C@H]2C[C@H](O[Si](C)(C)C(C)(C)C)[C@@H](C(O[Si](C)(C)C(C)(C)C)C(=O)OC(C)(C)C)O2)c([N+](=O)[O-])c1. The lowest BCUT2D eigenvalue weighted by atomic mass is 10.1. The van der Waals surface area contributed by atoms with Crippen LogP contribution in [0.3, 0.4) is 0 Å². The van der Waals surface area contributed by atoms with Gasteiger partial charge in [-0.25, -0.2) is 19.7 Å². The Balaban J connectivity index is 1.73. The highest BCUT2D eigenvalue weighted by atomic mass is 28.4. The van der Waals surface area contributed by atoms with E-state index in [2.05, 4.69) is 88.0 Å². The van der Waals surface area contributed by atoms with E-state index in [9.17, 15) is 14.9 Å². The third kappa shape index (κ3) is 9.14. The Kier molecular flexibility index (Phi) is 11.5. The van der Waals surface area contributed by atoms with Gasteiger partial charge in [-0.05, 0) is 69.2 Å². The van der Waals surface area contributed by atoms with Gasteiger partial charge in [-0.1, -0.05) is 41.5 Å². The molecule has 4 atom stereocenters. The fraction of sp³-hybridized carbons (Fsp3) is 0.657. The third-order valence-electron chi connectivity index (χ3n) is 10.1. The van der Waals surface area contributed by atoms with E-state index in [1.54, 1.807) is 18.5 Å². The minimum absolute atomic E-state index is 0.0738. The number of anilines is 1. The predicted octanol–water partition coefficient (Wildman–Crippen LogP) is 7.77. The van der Waals surface area contributed by atoms with Gasteiger partial charge in [-0.2, -0.15) is 0 Å². The van der Waals surface area contributed by atoms with Crippen LogP contribution in [0, 0.1) is 10.1 Å². The van der Waals surface area contributed by atoms with Crippen LogP contribution in [0.1, 0.15) is 80.5 Å². The van der Waals surface area contributed by atoms with Gasteiger partial charge in [0.15, 0.2) is 39.7 Å². The van der Waals surface area contributed by atoms with E-state index in [0.29, 0.717) is 34.7 Å². The lowest BCUT2D eigenvalue weighted by Crippen LogP contribution is -2.55. The van der Waals surface area contributed by atoms with E-state index in [0.717, 1.165) is 0 Å². The molecule has 1 N–H and O–H groups in total. The highest BCUT2D eigenvalue weighted by Crippen LogP contribution is 2.45. The molecule has 0 amide bonds. The van der Waals surface area contributed by atoms with Crippen molar-refractivity contribution in [1.29, 1.82) is 0 Å². The first-order valence-corrected chi connectivity index (χ1v) is 23.1. The molecule has 1 aromatic carbocycles. The number of imidazole rings is 1. The number of methoxy groups -OCH3 is 1. The summed E-state index contributed by atoms with van der Waals surface area (Å²) in [4.78, 5) is 39.0. The Hall–Kier alpha value is -3.45. The van der Waals surface area contributed by atoms with E-state index in [1.165, 1.54) is 19.5 Å². The standard InChI is InChI=1S/C35H56N6O8Si2/c1-33(2,3)47-32(42)29(49-51(13,14)35(7,8)9)28-25(48-50(11,12)34(4,5)6)18-26(46-28)40-21-39-27-30(37-20-38-31(27)40)36-19-22-15-16-23(45-10)17-24(22)41(43)44/h15-17,20-21,25-26,28-29H,18-19H2,1-14H3,(H,36,37,38)/t25-,26+,28-,29?/m0/s1. The van der Waals surface area contributed by atoms with Crippen molar-refractivity contribution >= 4 is 45.3 Å². The zero-order valence-electron chi connectivity index (χ0n) is 32.6. The first kappa shape index (κ1) is 40.3. The van der Waals surface area contributed by atoms with Crippen LogP contribution in [0.5, 0.6) is 5.75 Å². The second-order valence-corrected chi connectivity index (χ2v) is 26.7. The molecule has 4 rings (SSSR count). The Morgan fingerprint density at radius 2 is 1.69 bits per heavy atom. The van der Waals surface area contributed by atoms with Gasteiger partial charge in [0.25, 0.3) is 5.69 Å². The minimum atomic E-state index is -2.51. The summed E-state index contributed by atoms with van der Waals surface area (Å²) in [6.45, 7) is 27.1. The largest absolute Gasteiger partial charge is 0.497 e. The van der Waals surface area contributed by atoms with Crippen LogP contribution in [0.2, 0.25) is 36.3 Å². The summed E-state index contributed by atoms with van der Waals surface area (Å²) >= 11 is 0. The number of benzene rings is 1. The molecule has 0 aliphatic carbocycles. The molecular weight excluding hydrogens is 689 g/mol. The number of nitrogens with zero attached hydrogens (tertiary/aromatic N) is 5. The fourth-order valence-electron chi connectivity index (χ4n) is 5.24. The molecule has 1 saturated heterocycles. The lowest BCUT2D eigenvalue weighted by molar-refractivity contribution is -0.385. The monoisotopic (exact) mass is 744 g/mol. The average molecular weight is 745 g/mol. The Bertz CT molecular complexity index is 1730. The minimum Gasteiger partial charge on any atom is -0.497 e. The van der Waals surface area contributed by atoms with Crippen LogP contribution in [0.25, 0.3) is 11.2 Å². The lowest BCUT2D eigenvalue weighted by Gasteiger charge is -2.43. The summed E-state index contributed by atoms with van der Waals surface area (Å²) in [7, 11) is -3.42. The molecule has 16 heteroatoms. The molecule has 1 fully saturated rings. The van der Waals surface area contributed by atoms with E-state index in [-0.39, 0.29) is 22.3 Å². The summed E-state index contributed by atoms with van der Waals surface area (Å²) in [6, 6.07) is 4.70. The number of nitro groups is 1. The molecule has 3 heterocycles. The smallest absolute Gasteiger partial charge is 0.337 e. The van der Waals surface area contributed by atoms with Crippen LogP contribution in [0.15, 0.2) is 30.9 Å². The molecule has 282 valence electrons. The summed E-state index contributed by atoms with van der Waals surface area (Å²) in [5.74, 6) is 0.307. The summed E-state index contributed by atoms with van der Waals surface area (Å²) in [6.07, 6.45) is 0.540. The number of rotatable bonds is 12. The number of hydrogen-bond donors (Lipinski definition) is 1. The number of ether oxygens (including phenoxy) is 3. The Morgan fingerprint density at radius 1 is 1.04 bits per heavy atom. The maximum Gasteiger partial charge on any atom is 0.337 e. The molecule has 0 saturated carbocycles. The van der Waals surface area contributed by atoms with Crippen molar-refractivity contribution in [3.8, 4) is 5.75 Å². The number of nitrogens with one attached hydrogen (secondary N) is 1. The number of nitro benzene ring substituents is 1. The van der Waals surface area contributed by atoms with Gasteiger partial charge in [-0.3, -0.25) is 14.7 Å². The van der Waals surface area contributed by atoms with Crippen LogP contribution >= 0.6 is 0 Å². The normalized spacial score (nSPS) is 19.6. The molecule has 1 unspecified atom stereocenters. The molecule has 3 aromatic rings. The van der Waals surface area contributed by atoms with Crippen LogP contribution in [-0.4, -0.2) is 78.1 Å². The van der Waals surface area contributed by atoms with Gasteiger partial charge in [0.1, 0.15) is 30.0 Å². The van der Waals surface area contributed by atoms with Crippen molar-refractivity contribution in [1.82, 2.24) is 19.5 Å². The molecular formula is C35H56N6O8Si2. The quantitative estimate of drug-likeness (QED) is 0.0831. The molecule has 14 nitrogen and oxygen atoms in total. The molecule has 0 bridgehead atoms. The van der Waals surface area contributed by atoms with Gasteiger partial charge in [0, 0.05) is 18.5 Å². The van der Waals surface area contributed by atoms with E-state index in [4.69, 9.17) is 23.1 Å². The van der Waals surface area contributed by atoms with Gasteiger partial charge < -0.3 is 28.4 Å². The molecule has 0 radical (unpaired) electrons. The zero-order valence-corrected chi connectivity index (χ0v) is 34.6. The fourth-order valence-corrected chi connectivity index (χ4v) is 7.80. The molecule has 0 spiro atoms. The maximum absolute atomic E-state index is 14.1. The summed E-state index contributed by atoms with van der Waals surface area (Å²) < 4.78 is 33.7. The molecule has 51 heavy (non-hydrogen) atoms. The van der Waals surface area contributed by atoms with Crippen molar-refractivity contribution in [2.75, 3.05) is 12.4 Å². The second-order valence-electron chi connectivity index (χ2n) is 17.2. The highest BCUT2D eigenvalue weighted by Gasteiger charge is 2.53.